The van der Waals surface area contributed by atoms with Gasteiger partial charge in [-0.1, -0.05) is 79.7 Å². The number of amides is 4. The first-order valence-corrected chi connectivity index (χ1v) is 19.9. The number of hydrogen-bond acceptors (Lipinski definition) is 7. The molecule has 2 saturated carbocycles. The Balaban J connectivity index is 1.93. The van der Waals surface area contributed by atoms with Crippen molar-refractivity contribution in [2.24, 2.45) is 28.6 Å². The summed E-state index contributed by atoms with van der Waals surface area (Å²) in [6.45, 7) is 20.1. The Morgan fingerprint density at radius 3 is 2.06 bits per heavy atom. The normalized spacial score (nSPS) is 23.0. The number of likely N-dealkylation sites (tertiary alicyclic amines) is 1. The van der Waals surface area contributed by atoms with Crippen molar-refractivity contribution in [3.63, 3.8) is 0 Å². The van der Waals surface area contributed by atoms with Crippen LogP contribution in [-0.4, -0.2) is 84.7 Å². The number of sulfonamides is 1. The summed E-state index contributed by atoms with van der Waals surface area (Å²) >= 11 is 0. The van der Waals surface area contributed by atoms with E-state index in [0.717, 1.165) is 32.1 Å². The molecule has 3 rings (SSSR count). The number of nitrogens with zero attached hydrogens (tertiary/aromatic N) is 1. The Morgan fingerprint density at radius 2 is 1.56 bits per heavy atom. The van der Waals surface area contributed by atoms with Crippen LogP contribution in [0, 0.1) is 28.6 Å². The first-order chi connectivity index (χ1) is 23.0. The summed E-state index contributed by atoms with van der Waals surface area (Å²) in [6.07, 6.45) is 8.03. The van der Waals surface area contributed by atoms with Crippen LogP contribution in [0.25, 0.3) is 0 Å². The number of rotatable bonds is 15. The summed E-state index contributed by atoms with van der Waals surface area (Å²) in [5.41, 5.74) is -1.47. The average molecular weight is 722 g/mol. The van der Waals surface area contributed by atoms with E-state index in [2.05, 4.69) is 27.3 Å². The van der Waals surface area contributed by atoms with Gasteiger partial charge in [-0.25, -0.2) is 13.1 Å². The molecule has 12 nitrogen and oxygen atoms in total. The smallest absolute Gasteiger partial charge is 0.289 e. The lowest BCUT2D eigenvalue weighted by Gasteiger charge is -2.42. The van der Waals surface area contributed by atoms with E-state index >= 15 is 0 Å². The zero-order valence-electron chi connectivity index (χ0n) is 31.8. The summed E-state index contributed by atoms with van der Waals surface area (Å²) < 4.78 is 28.4. The SMILES string of the molecule is C=CCNC(=O)C(=O)C(CC1CC1)NC(=O)[C@@H]1C[C@@H](C(C)C)CN1C(=O)[C@@H](NC(=O)[C@@H](NS(=O)(=O)C(C)(C)C)C1(C)CCCCC1)C(C)(C)C. The molecule has 1 unspecified atom stereocenters. The van der Waals surface area contributed by atoms with E-state index in [9.17, 15) is 32.4 Å². The zero-order valence-corrected chi connectivity index (χ0v) is 32.6. The highest BCUT2D eigenvalue weighted by molar-refractivity contribution is 7.90. The third-order valence-corrected chi connectivity index (χ3v) is 13.0. The molecule has 1 saturated heterocycles. The minimum Gasteiger partial charge on any atom is -0.346 e. The molecule has 1 aliphatic heterocycles. The number of hydrogen-bond donors (Lipinski definition) is 4. The maximum Gasteiger partial charge on any atom is 0.289 e. The molecule has 0 bridgehead atoms. The first-order valence-electron chi connectivity index (χ1n) is 18.4. The maximum absolute atomic E-state index is 14.6. The molecule has 4 amide bonds. The van der Waals surface area contributed by atoms with E-state index in [0.29, 0.717) is 25.7 Å². The number of nitrogens with one attached hydrogen (secondary N) is 4. The predicted octanol–water partition coefficient (Wildman–Crippen LogP) is 3.60. The van der Waals surface area contributed by atoms with Crippen molar-refractivity contribution >= 4 is 39.4 Å². The van der Waals surface area contributed by atoms with Crippen molar-refractivity contribution in [3.05, 3.63) is 12.7 Å². The van der Waals surface area contributed by atoms with Gasteiger partial charge in [0, 0.05) is 13.1 Å². The molecule has 1 heterocycles. The Bertz CT molecular complexity index is 1390. The largest absolute Gasteiger partial charge is 0.346 e. The summed E-state index contributed by atoms with van der Waals surface area (Å²) in [5.74, 6) is -2.71. The molecule has 0 spiro atoms. The van der Waals surface area contributed by atoms with E-state index in [1.54, 1.807) is 20.8 Å². The summed E-state index contributed by atoms with van der Waals surface area (Å²) in [6, 6.07) is -4.14. The van der Waals surface area contributed by atoms with Crippen molar-refractivity contribution in [2.75, 3.05) is 13.1 Å². The van der Waals surface area contributed by atoms with E-state index in [1.165, 1.54) is 11.0 Å². The zero-order chi connectivity index (χ0) is 37.8. The fourth-order valence-electron chi connectivity index (χ4n) is 6.97. The fraction of sp³-hybridized carbons (Fsp3) is 0.811. The number of Topliss-reactive ketones (excluding diaryl/α,β-unsaturated/α-hetero) is 1. The molecule has 0 radical (unpaired) electrons. The lowest BCUT2D eigenvalue weighted by Crippen LogP contribution is -2.64. The van der Waals surface area contributed by atoms with Crippen LogP contribution in [0.15, 0.2) is 12.7 Å². The maximum atomic E-state index is 14.6. The van der Waals surface area contributed by atoms with Crippen LogP contribution in [0.4, 0.5) is 0 Å². The highest BCUT2D eigenvalue weighted by Gasteiger charge is 2.49. The van der Waals surface area contributed by atoms with Crippen molar-refractivity contribution in [1.82, 2.24) is 25.6 Å². The Morgan fingerprint density at radius 1 is 0.960 bits per heavy atom. The third-order valence-electron chi connectivity index (χ3n) is 10.8. The van der Waals surface area contributed by atoms with Crippen LogP contribution in [-0.2, 0) is 34.0 Å². The van der Waals surface area contributed by atoms with Crippen molar-refractivity contribution in [3.8, 4) is 0 Å². The summed E-state index contributed by atoms with van der Waals surface area (Å²) in [4.78, 5) is 70.2. The van der Waals surface area contributed by atoms with E-state index < -0.39 is 79.2 Å². The van der Waals surface area contributed by atoms with Gasteiger partial charge in [0.05, 0.1) is 10.8 Å². The molecule has 284 valence electrons. The fourth-order valence-corrected chi connectivity index (χ4v) is 8.03. The lowest BCUT2D eigenvalue weighted by atomic mass is 9.70. The van der Waals surface area contributed by atoms with Gasteiger partial charge in [0.1, 0.15) is 18.1 Å². The molecule has 4 N–H and O–H groups in total. The van der Waals surface area contributed by atoms with E-state index in [4.69, 9.17) is 0 Å². The molecule has 0 aromatic heterocycles. The van der Waals surface area contributed by atoms with Gasteiger partial charge in [-0.15, -0.1) is 6.58 Å². The van der Waals surface area contributed by atoms with Gasteiger partial charge >= 0.3 is 0 Å². The standard InChI is InChI=1S/C37H63N5O7S/c1-11-19-38-32(45)28(43)26(20-24-15-16-24)39-31(44)27-21-25(23(2)3)22-42(27)34(47)30(35(4,5)6)40-33(46)29(37(10)17-13-12-14-18-37)41-50(48,49)36(7,8)9/h11,23-27,29-30,41H,1,12-22H2,2-10H3,(H,38,45)(H,39,44)(H,40,46)/t25-,26?,27+,29-,30-/m1/s1. The number of carbonyl (C=O) groups excluding carboxylic acids is 5. The Hall–Kier alpha value is -2.80. The van der Waals surface area contributed by atoms with Crippen LogP contribution >= 0.6 is 0 Å². The third kappa shape index (κ3) is 10.4. The summed E-state index contributed by atoms with van der Waals surface area (Å²) in [5, 5.41) is 8.28. The molecule has 5 atom stereocenters. The topological polar surface area (TPSA) is 171 Å². The van der Waals surface area contributed by atoms with Crippen LogP contribution in [0.2, 0.25) is 0 Å². The van der Waals surface area contributed by atoms with Crippen LogP contribution in [0.5, 0.6) is 0 Å². The van der Waals surface area contributed by atoms with Crippen molar-refractivity contribution < 1.29 is 32.4 Å². The molecular formula is C37H63N5O7S. The second-order valence-corrected chi connectivity index (χ2v) is 20.0. The molecule has 3 fully saturated rings. The van der Waals surface area contributed by atoms with Crippen LogP contribution in [0.3, 0.4) is 0 Å². The first kappa shape index (κ1) is 41.6. The van der Waals surface area contributed by atoms with Crippen LogP contribution in [0.1, 0.15) is 120 Å². The Labute approximate surface area is 300 Å². The van der Waals surface area contributed by atoms with Gasteiger partial charge in [0.2, 0.25) is 33.5 Å². The average Bonchev–Trinajstić information content (AvgIpc) is 3.72. The molecule has 0 aromatic rings. The van der Waals surface area contributed by atoms with Crippen LogP contribution < -0.4 is 20.7 Å². The van der Waals surface area contributed by atoms with E-state index in [-0.39, 0.29) is 30.8 Å². The molecule has 3 aliphatic rings. The quantitative estimate of drug-likeness (QED) is 0.148. The second-order valence-electron chi connectivity index (χ2n) is 17.5. The van der Waals surface area contributed by atoms with Gasteiger partial charge in [-0.3, -0.25) is 24.0 Å². The predicted molar refractivity (Wildman–Crippen MR) is 194 cm³/mol. The molecule has 0 aromatic carbocycles. The summed E-state index contributed by atoms with van der Waals surface area (Å²) in [7, 11) is -3.93. The minimum atomic E-state index is -3.93. The number of ketones is 1. The highest BCUT2D eigenvalue weighted by atomic mass is 32.2. The molecule has 13 heteroatoms. The van der Waals surface area contributed by atoms with Gasteiger partial charge in [-0.05, 0) is 75.0 Å². The van der Waals surface area contributed by atoms with Gasteiger partial charge in [0.25, 0.3) is 5.91 Å². The highest BCUT2D eigenvalue weighted by Crippen LogP contribution is 2.40. The second kappa shape index (κ2) is 16.3. The number of carbonyl (C=O) groups is 5. The van der Waals surface area contributed by atoms with E-state index in [1.807, 2.05) is 41.5 Å². The van der Waals surface area contributed by atoms with Gasteiger partial charge in [-0.2, -0.15) is 0 Å². The lowest BCUT2D eigenvalue weighted by molar-refractivity contribution is -0.145. The molecular weight excluding hydrogens is 659 g/mol. The van der Waals surface area contributed by atoms with Gasteiger partial charge in [0.15, 0.2) is 0 Å². The Kier molecular flexibility index (Phi) is 13.5. The molecule has 2 aliphatic carbocycles. The minimum absolute atomic E-state index is 0.0213. The van der Waals surface area contributed by atoms with Crippen molar-refractivity contribution in [2.45, 2.75) is 149 Å². The monoisotopic (exact) mass is 721 g/mol. The molecule has 50 heavy (non-hydrogen) atoms. The van der Waals surface area contributed by atoms with Crippen molar-refractivity contribution in [1.29, 1.82) is 0 Å². The van der Waals surface area contributed by atoms with Gasteiger partial charge < -0.3 is 20.9 Å².